The van der Waals surface area contributed by atoms with E-state index in [9.17, 15) is 10.1 Å². The van der Waals surface area contributed by atoms with Crippen molar-refractivity contribution in [1.82, 2.24) is 0 Å². The maximum Gasteiger partial charge on any atom is 0.296 e. The Bertz CT molecular complexity index is 658. The first kappa shape index (κ1) is 14.0. The van der Waals surface area contributed by atoms with E-state index in [0.717, 1.165) is 11.4 Å². The van der Waals surface area contributed by atoms with Crippen molar-refractivity contribution in [2.24, 2.45) is 15.3 Å². The molecule has 0 fully saturated rings. The summed E-state index contributed by atoms with van der Waals surface area (Å²) in [6.07, 6.45) is 0. The van der Waals surface area contributed by atoms with Gasteiger partial charge in [0.15, 0.2) is 17.1 Å². The zero-order chi connectivity index (χ0) is 14.9. The number of nitrogens with zero attached hydrogens (tertiary/aromatic N) is 5. The lowest BCUT2D eigenvalue weighted by Gasteiger charge is -2.17. The van der Waals surface area contributed by atoms with E-state index in [1.807, 2.05) is 27.9 Å². The van der Waals surface area contributed by atoms with Crippen LogP contribution in [-0.2, 0) is 0 Å². The summed E-state index contributed by atoms with van der Waals surface area (Å²) in [4.78, 5) is 10.4. The summed E-state index contributed by atoms with van der Waals surface area (Å²) in [5.74, 6) is 0. The van der Waals surface area contributed by atoms with Crippen molar-refractivity contribution in [1.29, 1.82) is 0 Å². The molecule has 1 aliphatic heterocycles. The molecule has 0 spiro atoms. The van der Waals surface area contributed by atoms with Crippen molar-refractivity contribution in [3.63, 3.8) is 0 Å². The number of hydrogen-bond acceptors (Lipinski definition) is 5. The highest BCUT2D eigenvalue weighted by atomic mass is 16.6. The van der Waals surface area contributed by atoms with Crippen molar-refractivity contribution in [3.05, 3.63) is 45.8 Å². The van der Waals surface area contributed by atoms with E-state index < -0.39 is 4.92 Å². The Kier molecular flexibility index (Phi) is 3.46. The van der Waals surface area contributed by atoms with Gasteiger partial charge >= 0.3 is 0 Å². The quantitative estimate of drug-likeness (QED) is 0.366. The molecular weight excluding hydrogens is 258 g/mol. The van der Waals surface area contributed by atoms with Crippen LogP contribution in [0.3, 0.4) is 0 Å². The molecule has 0 atom stereocenters. The topological polar surface area (TPSA) is 80.2 Å². The molecule has 0 amide bonds. The Morgan fingerprint density at radius 3 is 2.40 bits per heavy atom. The van der Waals surface area contributed by atoms with Crippen LogP contribution in [-0.4, -0.2) is 29.3 Å². The van der Waals surface area contributed by atoms with Gasteiger partial charge in [0.1, 0.15) is 5.71 Å². The molecule has 104 valence electrons. The zero-order valence-corrected chi connectivity index (χ0v) is 11.9. The predicted octanol–water partition coefficient (Wildman–Crippen LogP) is 3.38. The second kappa shape index (κ2) is 4.93. The third-order valence-electron chi connectivity index (χ3n) is 3.24. The number of nitro groups is 1. The number of benzene rings is 1. The third-order valence-corrected chi connectivity index (χ3v) is 3.24. The van der Waals surface area contributed by atoms with Crippen LogP contribution in [0.25, 0.3) is 0 Å². The van der Waals surface area contributed by atoms with E-state index >= 15 is 0 Å². The molecule has 2 rings (SSSR count). The fourth-order valence-electron chi connectivity index (χ4n) is 1.97. The van der Waals surface area contributed by atoms with Gasteiger partial charge in [-0.25, -0.2) is 0 Å². The first-order valence-corrected chi connectivity index (χ1v) is 6.10. The lowest BCUT2D eigenvalue weighted by Crippen LogP contribution is -2.28. The van der Waals surface area contributed by atoms with Gasteiger partial charge < -0.3 is 0 Å². The van der Waals surface area contributed by atoms with Crippen molar-refractivity contribution in [2.45, 2.75) is 13.8 Å². The molecule has 0 aliphatic carbocycles. The molecule has 0 unspecified atom stereocenters. The van der Waals surface area contributed by atoms with E-state index in [-0.39, 0.29) is 11.4 Å². The van der Waals surface area contributed by atoms with Crippen LogP contribution in [0.1, 0.15) is 13.8 Å². The average molecular weight is 274 g/mol. The maximum atomic E-state index is 10.9. The zero-order valence-electron chi connectivity index (χ0n) is 11.9. The van der Waals surface area contributed by atoms with Crippen molar-refractivity contribution >= 4 is 17.1 Å². The first-order valence-electron chi connectivity index (χ1n) is 6.10. The number of allylic oxidation sites excluding steroid dienone is 2. The molecule has 0 aromatic heterocycles. The minimum absolute atomic E-state index is 0.0594. The van der Waals surface area contributed by atoms with E-state index in [0.29, 0.717) is 10.3 Å². The van der Waals surface area contributed by atoms with Crippen LogP contribution in [0.5, 0.6) is 0 Å². The Morgan fingerprint density at radius 1 is 1.20 bits per heavy atom. The largest absolute Gasteiger partial charge is 0.296 e. The molecule has 0 bridgehead atoms. The van der Waals surface area contributed by atoms with Gasteiger partial charge in [0.05, 0.1) is 19.0 Å². The highest BCUT2D eigenvalue weighted by Crippen LogP contribution is 2.30. The fraction of sp³-hybridized carbons (Fsp3) is 0.308. The van der Waals surface area contributed by atoms with Gasteiger partial charge in [0, 0.05) is 13.0 Å². The molecule has 1 aromatic rings. The second-order valence-electron chi connectivity index (χ2n) is 4.96. The molecule has 0 saturated heterocycles. The second-order valence-corrected chi connectivity index (χ2v) is 4.96. The van der Waals surface area contributed by atoms with Crippen LogP contribution in [0, 0.1) is 10.1 Å². The molecule has 0 radical (unpaired) electrons. The Morgan fingerprint density at radius 2 is 1.85 bits per heavy atom. The van der Waals surface area contributed by atoms with E-state index in [1.54, 1.807) is 18.2 Å². The lowest BCUT2D eigenvalue weighted by atomic mass is 10.2. The highest BCUT2D eigenvalue weighted by Gasteiger charge is 2.31. The van der Waals surface area contributed by atoms with Gasteiger partial charge in [0.25, 0.3) is 5.69 Å². The molecule has 20 heavy (non-hydrogen) atoms. The summed E-state index contributed by atoms with van der Waals surface area (Å²) in [7, 11) is 3.87. The van der Waals surface area contributed by atoms with E-state index in [2.05, 4.69) is 15.3 Å². The summed E-state index contributed by atoms with van der Waals surface area (Å²) >= 11 is 0. The first-order chi connectivity index (χ1) is 9.33. The van der Waals surface area contributed by atoms with Gasteiger partial charge in [-0.05, 0) is 13.0 Å². The Hall–Kier alpha value is -2.41. The van der Waals surface area contributed by atoms with Gasteiger partial charge in [-0.3, -0.25) is 10.1 Å². The number of nitro benzene ring substituents is 1. The SMILES string of the molecule is CC1=N[N+](C)(C)C(C)=C1N=Nc1ccccc1[N+](=O)[O-]. The van der Waals surface area contributed by atoms with Crippen LogP contribution in [0.4, 0.5) is 11.4 Å². The molecule has 1 aromatic carbocycles. The third kappa shape index (κ3) is 2.48. The monoisotopic (exact) mass is 274 g/mol. The van der Waals surface area contributed by atoms with Gasteiger partial charge in [-0.2, -0.15) is 4.59 Å². The minimum atomic E-state index is -0.467. The summed E-state index contributed by atoms with van der Waals surface area (Å²) < 4.78 is 0.372. The number of para-hydroxylation sites is 1. The van der Waals surface area contributed by atoms with E-state index in [1.165, 1.54) is 6.07 Å². The number of rotatable bonds is 3. The molecule has 0 saturated carbocycles. The summed E-state index contributed by atoms with van der Waals surface area (Å²) in [5, 5.41) is 23.5. The molecule has 7 heteroatoms. The summed E-state index contributed by atoms with van der Waals surface area (Å²) in [6, 6.07) is 6.27. The smallest absolute Gasteiger partial charge is 0.258 e. The fourth-order valence-corrected chi connectivity index (χ4v) is 1.97. The standard InChI is InChI=1S/C13H16N5O2/c1-9-13(10(2)18(3,4)16-9)15-14-11-7-5-6-8-12(11)17(19)20/h5-8H,1-4H3/q+1. The Balaban J connectivity index is 2.39. The molecule has 0 N–H and O–H groups in total. The van der Waals surface area contributed by atoms with Crippen LogP contribution >= 0.6 is 0 Å². The van der Waals surface area contributed by atoms with Crippen LogP contribution < -0.4 is 0 Å². The normalized spacial score (nSPS) is 17.7. The number of azo groups is 1. The Labute approximate surface area is 116 Å². The van der Waals surface area contributed by atoms with Gasteiger partial charge in [-0.1, -0.05) is 17.2 Å². The van der Waals surface area contributed by atoms with Crippen molar-refractivity contribution in [3.8, 4) is 0 Å². The van der Waals surface area contributed by atoms with Crippen molar-refractivity contribution in [2.75, 3.05) is 14.1 Å². The van der Waals surface area contributed by atoms with Crippen LogP contribution in [0.15, 0.2) is 51.0 Å². The molecule has 7 nitrogen and oxygen atoms in total. The minimum Gasteiger partial charge on any atom is -0.258 e. The van der Waals surface area contributed by atoms with E-state index in [4.69, 9.17) is 0 Å². The molecule has 1 aliphatic rings. The lowest BCUT2D eigenvalue weighted by molar-refractivity contribution is -0.856. The summed E-state index contributed by atoms with van der Waals surface area (Å²) in [6.45, 7) is 3.78. The molecule has 1 heterocycles. The van der Waals surface area contributed by atoms with Crippen LogP contribution in [0.2, 0.25) is 0 Å². The molecular formula is C13H16N5O2+. The van der Waals surface area contributed by atoms with Crippen molar-refractivity contribution < 1.29 is 9.52 Å². The number of quaternary nitrogens is 1. The van der Waals surface area contributed by atoms with Gasteiger partial charge in [-0.15, -0.1) is 10.2 Å². The maximum absolute atomic E-state index is 10.9. The highest BCUT2D eigenvalue weighted by molar-refractivity contribution is 5.98. The van der Waals surface area contributed by atoms with Gasteiger partial charge in [0.2, 0.25) is 0 Å². The predicted molar refractivity (Wildman–Crippen MR) is 75.5 cm³/mol. The average Bonchev–Trinajstić information content (AvgIpc) is 2.57. The summed E-state index contributed by atoms with van der Waals surface area (Å²) in [5.41, 5.74) is 2.58. The number of hydrogen-bond donors (Lipinski definition) is 0.